The first-order chi connectivity index (χ1) is 11.5. The molecule has 6 nitrogen and oxygen atoms in total. The van der Waals surface area contributed by atoms with E-state index < -0.39 is 23.3 Å². The molecule has 122 valence electrons. The Balaban J connectivity index is 1.92. The maximum absolute atomic E-state index is 13.0. The number of halogens is 3. The number of benzene rings is 1. The Kier molecular flexibility index (Phi) is 3.98. The number of hydrogen-bond acceptors (Lipinski definition) is 4. The molecule has 0 bridgehead atoms. The highest BCUT2D eigenvalue weighted by molar-refractivity contribution is 6.03. The molecule has 0 aliphatic carbocycles. The van der Waals surface area contributed by atoms with Crippen molar-refractivity contribution in [3.05, 3.63) is 66.2 Å². The number of pyridine rings is 1. The van der Waals surface area contributed by atoms with Gasteiger partial charge < -0.3 is 0 Å². The summed E-state index contributed by atoms with van der Waals surface area (Å²) in [6, 6.07) is 10.7. The van der Waals surface area contributed by atoms with Crippen molar-refractivity contribution < 1.29 is 18.0 Å². The van der Waals surface area contributed by atoms with Crippen molar-refractivity contribution in [2.24, 2.45) is 0 Å². The lowest BCUT2D eigenvalue weighted by atomic mass is 10.2. The Bertz CT molecular complexity index is 861. The molecule has 0 radical (unpaired) electrons. The number of para-hydroxylation sites is 1. The molecule has 0 atom stereocenters. The number of nitrogens with zero attached hydrogens (tertiary/aromatic N) is 4. The Morgan fingerprint density at radius 3 is 2.54 bits per heavy atom. The molecular weight excluding hydrogens is 323 g/mol. The second kappa shape index (κ2) is 6.11. The third-order valence-corrected chi connectivity index (χ3v) is 3.14. The van der Waals surface area contributed by atoms with Crippen LogP contribution in [0.15, 0.2) is 55.0 Å². The number of amides is 1. The fourth-order valence-electron chi connectivity index (χ4n) is 2.07. The first-order valence-electron chi connectivity index (χ1n) is 6.76. The molecule has 2 aromatic heterocycles. The first-order valence-corrected chi connectivity index (χ1v) is 6.76. The molecule has 0 saturated carbocycles. The topological polar surface area (TPSA) is 72.7 Å². The van der Waals surface area contributed by atoms with Crippen LogP contribution in [0.3, 0.4) is 0 Å². The maximum Gasteiger partial charge on any atom is 0.418 e. The van der Waals surface area contributed by atoms with Crippen molar-refractivity contribution in [2.45, 2.75) is 6.18 Å². The molecule has 0 spiro atoms. The fourth-order valence-corrected chi connectivity index (χ4v) is 2.07. The zero-order valence-electron chi connectivity index (χ0n) is 12.0. The quantitative estimate of drug-likeness (QED) is 0.800. The van der Waals surface area contributed by atoms with Gasteiger partial charge in [0.1, 0.15) is 12.0 Å². The van der Waals surface area contributed by atoms with Crippen LogP contribution in [-0.4, -0.2) is 25.7 Å². The van der Waals surface area contributed by atoms with Crippen LogP contribution in [0.4, 0.5) is 19.1 Å². The van der Waals surface area contributed by atoms with Gasteiger partial charge in [-0.2, -0.15) is 13.2 Å². The van der Waals surface area contributed by atoms with Crippen LogP contribution >= 0.6 is 0 Å². The van der Waals surface area contributed by atoms with Gasteiger partial charge in [0.25, 0.3) is 5.91 Å². The number of carbonyl (C=O) groups excluding carboxylic acids is 1. The SMILES string of the molecule is O=C(Nc1nncn1-c1ccccc1)c1ncccc1C(F)(F)F. The van der Waals surface area contributed by atoms with Crippen LogP contribution < -0.4 is 5.32 Å². The van der Waals surface area contributed by atoms with Crippen LogP contribution in [0.25, 0.3) is 5.69 Å². The second-order valence-electron chi connectivity index (χ2n) is 4.71. The molecule has 0 saturated heterocycles. The zero-order valence-corrected chi connectivity index (χ0v) is 12.0. The predicted octanol–water partition coefficient (Wildman–Crippen LogP) is 2.93. The normalized spacial score (nSPS) is 11.3. The molecule has 0 unspecified atom stereocenters. The summed E-state index contributed by atoms with van der Waals surface area (Å²) >= 11 is 0. The first kappa shape index (κ1) is 15.7. The van der Waals surface area contributed by atoms with Crippen molar-refractivity contribution in [1.29, 1.82) is 0 Å². The zero-order chi connectivity index (χ0) is 17.2. The van der Waals surface area contributed by atoms with E-state index in [4.69, 9.17) is 0 Å². The van der Waals surface area contributed by atoms with Crippen LogP contribution in [0, 0.1) is 0 Å². The van der Waals surface area contributed by atoms with E-state index in [1.807, 2.05) is 0 Å². The summed E-state index contributed by atoms with van der Waals surface area (Å²) < 4.78 is 40.4. The number of alkyl halides is 3. The van der Waals surface area contributed by atoms with Crippen molar-refractivity contribution in [2.75, 3.05) is 5.32 Å². The average Bonchev–Trinajstić information content (AvgIpc) is 3.03. The lowest BCUT2D eigenvalue weighted by Gasteiger charge is -2.12. The Morgan fingerprint density at radius 2 is 1.83 bits per heavy atom. The van der Waals surface area contributed by atoms with Gasteiger partial charge >= 0.3 is 6.18 Å². The Labute approximate surface area is 134 Å². The van der Waals surface area contributed by atoms with E-state index in [1.165, 1.54) is 10.9 Å². The molecule has 1 amide bonds. The van der Waals surface area contributed by atoms with Gasteiger partial charge in [0.15, 0.2) is 0 Å². The number of rotatable bonds is 3. The second-order valence-corrected chi connectivity index (χ2v) is 4.71. The molecule has 0 fully saturated rings. The van der Waals surface area contributed by atoms with Gasteiger partial charge in [0.2, 0.25) is 5.95 Å². The van der Waals surface area contributed by atoms with Gasteiger partial charge in [-0.3, -0.25) is 19.7 Å². The lowest BCUT2D eigenvalue weighted by molar-refractivity contribution is -0.138. The van der Waals surface area contributed by atoms with Crippen molar-refractivity contribution in [3.63, 3.8) is 0 Å². The number of aromatic nitrogens is 4. The van der Waals surface area contributed by atoms with E-state index >= 15 is 0 Å². The minimum atomic E-state index is -4.69. The third kappa shape index (κ3) is 3.09. The van der Waals surface area contributed by atoms with E-state index in [-0.39, 0.29) is 5.95 Å². The largest absolute Gasteiger partial charge is 0.418 e. The van der Waals surface area contributed by atoms with Gasteiger partial charge in [-0.25, -0.2) is 0 Å². The average molecular weight is 333 g/mol. The van der Waals surface area contributed by atoms with E-state index in [0.29, 0.717) is 5.69 Å². The van der Waals surface area contributed by atoms with E-state index in [0.717, 1.165) is 18.3 Å². The fraction of sp³-hybridized carbons (Fsp3) is 0.0667. The number of nitrogens with one attached hydrogen (secondary N) is 1. The highest BCUT2D eigenvalue weighted by Crippen LogP contribution is 2.31. The summed E-state index contributed by atoms with van der Waals surface area (Å²) in [5, 5.41) is 9.70. The lowest BCUT2D eigenvalue weighted by Crippen LogP contribution is -2.21. The highest BCUT2D eigenvalue weighted by Gasteiger charge is 2.36. The Hall–Kier alpha value is -3.23. The molecule has 9 heteroatoms. The number of anilines is 1. The highest BCUT2D eigenvalue weighted by atomic mass is 19.4. The number of carbonyl (C=O) groups is 1. The summed E-state index contributed by atoms with van der Waals surface area (Å²) in [5.41, 5.74) is -1.20. The summed E-state index contributed by atoms with van der Waals surface area (Å²) in [6.45, 7) is 0. The maximum atomic E-state index is 13.0. The summed E-state index contributed by atoms with van der Waals surface area (Å²) in [5.74, 6) is -1.03. The molecule has 3 rings (SSSR count). The Morgan fingerprint density at radius 1 is 1.08 bits per heavy atom. The minimum absolute atomic E-state index is 0.00928. The van der Waals surface area contributed by atoms with Crippen LogP contribution in [0.2, 0.25) is 0 Å². The molecule has 1 aromatic carbocycles. The monoisotopic (exact) mass is 333 g/mol. The van der Waals surface area contributed by atoms with E-state index in [1.54, 1.807) is 30.3 Å². The summed E-state index contributed by atoms with van der Waals surface area (Å²) in [4.78, 5) is 15.7. The number of hydrogen-bond donors (Lipinski definition) is 1. The van der Waals surface area contributed by atoms with Gasteiger partial charge in [-0.1, -0.05) is 18.2 Å². The molecule has 3 aromatic rings. The van der Waals surface area contributed by atoms with Crippen LogP contribution in [0.5, 0.6) is 0 Å². The molecule has 24 heavy (non-hydrogen) atoms. The van der Waals surface area contributed by atoms with Crippen LogP contribution in [0.1, 0.15) is 16.1 Å². The van der Waals surface area contributed by atoms with Crippen molar-refractivity contribution in [3.8, 4) is 5.69 Å². The third-order valence-electron chi connectivity index (χ3n) is 3.14. The van der Waals surface area contributed by atoms with Crippen molar-refractivity contribution >= 4 is 11.9 Å². The van der Waals surface area contributed by atoms with Gasteiger partial charge in [0.05, 0.1) is 11.3 Å². The van der Waals surface area contributed by atoms with Crippen molar-refractivity contribution in [1.82, 2.24) is 19.7 Å². The minimum Gasteiger partial charge on any atom is -0.289 e. The molecule has 2 heterocycles. The van der Waals surface area contributed by atoms with E-state index in [9.17, 15) is 18.0 Å². The predicted molar refractivity (Wildman–Crippen MR) is 78.6 cm³/mol. The standard InChI is InChI=1S/C15H10F3N5O/c16-15(17,18)11-7-4-8-19-12(11)13(24)21-14-22-20-9-23(14)10-5-2-1-3-6-10/h1-9H,(H,21,22,24). The van der Waals surface area contributed by atoms with E-state index in [2.05, 4.69) is 20.5 Å². The van der Waals surface area contributed by atoms with Crippen LogP contribution in [-0.2, 0) is 6.18 Å². The van der Waals surface area contributed by atoms with Gasteiger partial charge in [0, 0.05) is 6.20 Å². The summed E-state index contributed by atoms with van der Waals surface area (Å²) in [6.07, 6.45) is -2.23. The smallest absolute Gasteiger partial charge is 0.289 e. The van der Waals surface area contributed by atoms with Gasteiger partial charge in [-0.15, -0.1) is 10.2 Å². The molecule has 0 aliphatic rings. The summed E-state index contributed by atoms with van der Waals surface area (Å²) in [7, 11) is 0. The molecule has 0 aliphatic heterocycles. The molecular formula is C15H10F3N5O. The molecule has 1 N–H and O–H groups in total. The van der Waals surface area contributed by atoms with Gasteiger partial charge in [-0.05, 0) is 24.3 Å².